The van der Waals surface area contributed by atoms with Crippen molar-refractivity contribution in [2.75, 3.05) is 0 Å². The van der Waals surface area contributed by atoms with Gasteiger partial charge in [0.15, 0.2) is 0 Å². The predicted molar refractivity (Wildman–Crippen MR) is 240 cm³/mol. The van der Waals surface area contributed by atoms with Crippen LogP contribution in [0.1, 0.15) is 123 Å². The summed E-state index contributed by atoms with van der Waals surface area (Å²) in [5.74, 6) is 0. The molecule has 4 aromatic carbocycles. The molecule has 2 aliphatic rings. The first-order valence-corrected chi connectivity index (χ1v) is 26.0. The average molecular weight is 984 g/mol. The number of rotatable bonds is 11. The van der Waals surface area contributed by atoms with E-state index in [9.17, 15) is 0 Å². The van der Waals surface area contributed by atoms with Crippen molar-refractivity contribution < 1.29 is 50.7 Å². The van der Waals surface area contributed by atoms with Gasteiger partial charge in [-0.1, -0.05) is 237 Å². The molecule has 0 aromatic heterocycles. The zero-order chi connectivity index (χ0) is 38.3. The SMILES string of the molecule is CC[Si](CC)(CC)c1ccc(C(c2ccc([Si](CC)(CC)CC)cc2)=c2c(C(C)(C)C)cc3c(c2C2=CC=CC2)[C-]=c2c(C(C)(C)C)cccc2=3)cc1.[Cl-].[Cl-].[Hf]. The molecule has 0 saturated carbocycles. The quantitative estimate of drug-likeness (QED) is 0.119. The van der Waals surface area contributed by atoms with E-state index in [0.29, 0.717) is 0 Å². The molecule has 0 aliphatic heterocycles. The zero-order valence-electron chi connectivity index (χ0n) is 36.4. The molecule has 4 aromatic rings. The van der Waals surface area contributed by atoms with Crippen LogP contribution in [0.25, 0.3) is 17.2 Å². The molecule has 0 fully saturated rings. The molecule has 0 saturated heterocycles. The molecular formula is C51H65Cl2HfSi2-3. The number of fused-ring (bicyclic) bond motifs is 2. The van der Waals surface area contributed by atoms with E-state index in [1.54, 1.807) is 10.4 Å². The van der Waals surface area contributed by atoms with Crippen LogP contribution in [0, 0.1) is 10.4 Å². The van der Waals surface area contributed by atoms with Gasteiger partial charge in [-0.15, -0.1) is 27.3 Å². The fraction of sp³-hybridized carbons (Fsp3) is 0.412. The van der Waals surface area contributed by atoms with Gasteiger partial charge < -0.3 is 24.8 Å². The van der Waals surface area contributed by atoms with Crippen molar-refractivity contribution in [1.82, 2.24) is 0 Å². The third kappa shape index (κ3) is 8.65. The Kier molecular flexibility index (Phi) is 16.3. The first-order valence-electron chi connectivity index (χ1n) is 20.8. The minimum atomic E-state index is -1.53. The number of hydrogen-bond acceptors (Lipinski definition) is 0. The number of allylic oxidation sites excluding steroid dienone is 4. The average Bonchev–Trinajstić information content (AvgIpc) is 3.82. The van der Waals surface area contributed by atoms with Crippen LogP contribution < -0.4 is 45.6 Å². The van der Waals surface area contributed by atoms with Gasteiger partial charge >= 0.3 is 0 Å². The summed E-state index contributed by atoms with van der Waals surface area (Å²) in [6.45, 7) is 28.8. The van der Waals surface area contributed by atoms with Gasteiger partial charge in [0, 0.05) is 25.8 Å². The van der Waals surface area contributed by atoms with Gasteiger partial charge in [-0.25, -0.2) is 0 Å². The Bertz CT molecular complexity index is 2200. The van der Waals surface area contributed by atoms with Crippen LogP contribution in [0.3, 0.4) is 0 Å². The van der Waals surface area contributed by atoms with Crippen molar-refractivity contribution in [1.29, 1.82) is 0 Å². The van der Waals surface area contributed by atoms with E-state index in [1.807, 2.05) is 0 Å². The fourth-order valence-electron chi connectivity index (χ4n) is 9.65. The molecule has 5 heteroatoms. The van der Waals surface area contributed by atoms with Gasteiger partial charge in [0.1, 0.15) is 0 Å². The Morgan fingerprint density at radius 2 is 1.07 bits per heavy atom. The molecule has 0 nitrogen and oxygen atoms in total. The second-order valence-electron chi connectivity index (χ2n) is 18.0. The van der Waals surface area contributed by atoms with Gasteiger partial charge in [-0.2, -0.15) is 0 Å². The Morgan fingerprint density at radius 1 is 0.607 bits per heavy atom. The minimum Gasteiger partial charge on any atom is -1.00 e. The topological polar surface area (TPSA) is 0 Å². The van der Waals surface area contributed by atoms with Crippen molar-refractivity contribution in [3.05, 3.63) is 145 Å². The van der Waals surface area contributed by atoms with Crippen LogP contribution >= 0.6 is 0 Å². The van der Waals surface area contributed by atoms with Gasteiger partial charge in [0.25, 0.3) is 0 Å². The van der Waals surface area contributed by atoms with Crippen LogP contribution in [0.2, 0.25) is 36.3 Å². The normalized spacial score (nSPS) is 13.5. The molecular weight excluding hydrogens is 918 g/mol. The fourth-order valence-corrected chi connectivity index (χ4v) is 16.8. The second kappa shape index (κ2) is 18.9. The Hall–Kier alpha value is -2.02. The van der Waals surface area contributed by atoms with Crippen LogP contribution in [-0.2, 0) is 36.7 Å². The van der Waals surface area contributed by atoms with Crippen LogP contribution in [0.4, 0.5) is 0 Å². The Balaban J connectivity index is 0.00000280. The third-order valence-corrected chi connectivity index (χ3v) is 24.8. The van der Waals surface area contributed by atoms with Crippen LogP contribution in [0.5, 0.6) is 0 Å². The molecule has 0 bridgehead atoms. The molecule has 0 atom stereocenters. The maximum atomic E-state index is 4.11. The monoisotopic (exact) mass is 983 g/mol. The van der Waals surface area contributed by atoms with E-state index < -0.39 is 16.1 Å². The number of benzene rings is 4. The van der Waals surface area contributed by atoms with E-state index in [-0.39, 0.29) is 61.5 Å². The summed E-state index contributed by atoms with van der Waals surface area (Å²) in [6.07, 6.45) is 12.0. The van der Waals surface area contributed by atoms with E-state index in [1.165, 1.54) is 102 Å². The molecule has 0 N–H and O–H groups in total. The maximum absolute atomic E-state index is 4.11. The van der Waals surface area contributed by atoms with Gasteiger partial charge in [-0.05, 0) is 44.7 Å². The third-order valence-electron chi connectivity index (χ3n) is 13.5. The van der Waals surface area contributed by atoms with Crippen molar-refractivity contribution in [3.8, 4) is 0 Å². The van der Waals surface area contributed by atoms with Crippen LogP contribution in [0.15, 0.2) is 91.0 Å². The number of hydrogen-bond donors (Lipinski definition) is 0. The summed E-state index contributed by atoms with van der Waals surface area (Å²) in [5.41, 5.74) is 10.8. The first kappa shape index (κ1) is 48.4. The standard InChI is InChI=1S/C51H65Si2.2ClH.Hf/c1-13-52(14-2,15-3)39-30-26-37(27-31-39)47(38-28-32-40(33-29-38)53(16-4,17-5)18-6)49-46(51(10,11)12)35-42-41-24-21-25-45(50(7,8)9)43(41)34-44(42)48(49)36-22-19-20-23-36;;;/h19-22,24-33,35H,13-18,23H2,1-12H3;2*1H;/q-1;;;/p-2. The largest absolute Gasteiger partial charge is 1.00 e. The smallest absolute Gasteiger partial charge is 0.0859 e. The molecule has 298 valence electrons. The second-order valence-corrected chi connectivity index (χ2v) is 28.5. The van der Waals surface area contributed by atoms with E-state index >= 15 is 0 Å². The first-order chi connectivity index (χ1) is 25.2. The van der Waals surface area contributed by atoms with E-state index in [4.69, 9.17) is 0 Å². The zero-order valence-corrected chi connectivity index (χ0v) is 43.5. The van der Waals surface area contributed by atoms with Gasteiger partial charge in [0.2, 0.25) is 0 Å². The molecule has 0 spiro atoms. The minimum absolute atomic E-state index is 0. The van der Waals surface area contributed by atoms with Crippen molar-refractivity contribution in [2.24, 2.45) is 0 Å². The summed E-state index contributed by atoms with van der Waals surface area (Å²) in [7, 11) is -3.05. The van der Waals surface area contributed by atoms with Crippen LogP contribution in [-0.4, -0.2) is 16.1 Å². The maximum Gasteiger partial charge on any atom is 0.0859 e. The van der Waals surface area contributed by atoms with Crippen molar-refractivity contribution in [2.45, 2.75) is 137 Å². The summed E-state index contributed by atoms with van der Waals surface area (Å²) >= 11 is 0. The molecule has 0 heterocycles. The molecule has 6 rings (SSSR count). The van der Waals surface area contributed by atoms with Gasteiger partial charge in [0.05, 0.1) is 16.1 Å². The summed E-state index contributed by atoms with van der Waals surface area (Å²) in [5, 5.41) is 8.53. The molecule has 0 radical (unpaired) electrons. The summed E-state index contributed by atoms with van der Waals surface area (Å²) in [4.78, 5) is 0. The van der Waals surface area contributed by atoms with Crippen molar-refractivity contribution in [3.63, 3.8) is 0 Å². The summed E-state index contributed by atoms with van der Waals surface area (Å²) in [6, 6.07) is 37.2. The number of halogens is 2. The Morgan fingerprint density at radius 3 is 1.46 bits per heavy atom. The molecule has 2 aliphatic carbocycles. The molecule has 0 amide bonds. The van der Waals surface area contributed by atoms with E-state index in [0.717, 1.165) is 6.42 Å². The summed E-state index contributed by atoms with van der Waals surface area (Å²) < 4.78 is 0. The van der Waals surface area contributed by atoms with Gasteiger partial charge in [-0.3, -0.25) is 0 Å². The van der Waals surface area contributed by atoms with E-state index in [2.05, 4.69) is 180 Å². The van der Waals surface area contributed by atoms with Crippen molar-refractivity contribution >= 4 is 43.7 Å². The Labute approximate surface area is 373 Å². The predicted octanol–water partition coefficient (Wildman–Crippen LogP) is 5.61. The molecule has 0 unspecified atom stereocenters. The molecule has 56 heavy (non-hydrogen) atoms.